The van der Waals surface area contributed by atoms with E-state index in [0.29, 0.717) is 12.7 Å². The van der Waals surface area contributed by atoms with Crippen LogP contribution in [0.2, 0.25) is 0 Å². The van der Waals surface area contributed by atoms with Crippen molar-refractivity contribution in [3.63, 3.8) is 0 Å². The van der Waals surface area contributed by atoms with Gasteiger partial charge in [-0.25, -0.2) is 0 Å². The van der Waals surface area contributed by atoms with E-state index in [4.69, 9.17) is 5.11 Å². The molecule has 0 aliphatic heterocycles. The standard InChI is InChI=1S/C7H12O3/c1-2-3-6(4-5-8)7(9)10/h5-6H,2-4H2,1H3,(H,9,10)/t6-/m1/s1. The van der Waals surface area contributed by atoms with Crippen molar-refractivity contribution < 1.29 is 14.7 Å². The molecule has 0 bridgehead atoms. The van der Waals surface area contributed by atoms with Crippen LogP contribution in [-0.4, -0.2) is 17.4 Å². The zero-order chi connectivity index (χ0) is 7.98. The van der Waals surface area contributed by atoms with Crippen LogP contribution in [0, 0.1) is 5.92 Å². The fraction of sp³-hybridized carbons (Fsp3) is 0.714. The Balaban J connectivity index is 3.71. The van der Waals surface area contributed by atoms with Crippen LogP contribution in [-0.2, 0) is 9.59 Å². The molecule has 0 aromatic rings. The smallest absolute Gasteiger partial charge is 0.306 e. The summed E-state index contributed by atoms with van der Waals surface area (Å²) in [6, 6.07) is 0. The third-order valence-electron chi connectivity index (χ3n) is 1.37. The van der Waals surface area contributed by atoms with Crippen LogP contribution in [0.15, 0.2) is 0 Å². The molecule has 0 unspecified atom stereocenters. The van der Waals surface area contributed by atoms with Crippen LogP contribution < -0.4 is 0 Å². The number of carboxylic acids is 1. The summed E-state index contributed by atoms with van der Waals surface area (Å²) in [5, 5.41) is 8.48. The molecular formula is C7H12O3. The highest BCUT2D eigenvalue weighted by molar-refractivity contribution is 5.73. The number of aliphatic carboxylic acids is 1. The number of hydrogen-bond acceptors (Lipinski definition) is 2. The van der Waals surface area contributed by atoms with Crippen LogP contribution in [0.1, 0.15) is 26.2 Å². The predicted octanol–water partition coefficient (Wildman–Crippen LogP) is 1.08. The monoisotopic (exact) mass is 144 g/mol. The lowest BCUT2D eigenvalue weighted by Crippen LogP contribution is -2.13. The van der Waals surface area contributed by atoms with Crippen molar-refractivity contribution in [3.8, 4) is 0 Å². The summed E-state index contributed by atoms with van der Waals surface area (Å²) in [6.07, 6.45) is 2.20. The highest BCUT2D eigenvalue weighted by atomic mass is 16.4. The van der Waals surface area contributed by atoms with E-state index >= 15 is 0 Å². The molecule has 3 heteroatoms. The molecule has 58 valence electrons. The van der Waals surface area contributed by atoms with Crippen molar-refractivity contribution in [2.24, 2.45) is 5.92 Å². The Morgan fingerprint density at radius 3 is 2.60 bits per heavy atom. The molecule has 0 heterocycles. The van der Waals surface area contributed by atoms with Gasteiger partial charge in [-0.1, -0.05) is 13.3 Å². The Bertz CT molecular complexity index is 120. The first-order chi connectivity index (χ1) is 4.72. The summed E-state index contributed by atoms with van der Waals surface area (Å²) >= 11 is 0. The van der Waals surface area contributed by atoms with Crippen molar-refractivity contribution in [1.29, 1.82) is 0 Å². The van der Waals surface area contributed by atoms with Crippen LogP contribution in [0.3, 0.4) is 0 Å². The quantitative estimate of drug-likeness (QED) is 0.587. The van der Waals surface area contributed by atoms with Gasteiger partial charge >= 0.3 is 5.97 Å². The first-order valence-corrected chi connectivity index (χ1v) is 3.38. The summed E-state index contributed by atoms with van der Waals surface area (Å²) in [5.41, 5.74) is 0. The van der Waals surface area contributed by atoms with Gasteiger partial charge < -0.3 is 9.90 Å². The van der Waals surface area contributed by atoms with Gasteiger partial charge in [0.05, 0.1) is 5.92 Å². The van der Waals surface area contributed by atoms with E-state index in [9.17, 15) is 9.59 Å². The maximum atomic E-state index is 10.3. The highest BCUT2D eigenvalue weighted by Gasteiger charge is 2.14. The average Bonchev–Trinajstić information content (AvgIpc) is 1.87. The van der Waals surface area contributed by atoms with E-state index in [2.05, 4.69) is 0 Å². The van der Waals surface area contributed by atoms with Crippen molar-refractivity contribution >= 4 is 12.3 Å². The summed E-state index contributed by atoms with van der Waals surface area (Å²) < 4.78 is 0. The number of aldehydes is 1. The fourth-order valence-electron chi connectivity index (χ4n) is 0.807. The van der Waals surface area contributed by atoms with Gasteiger partial charge in [-0.15, -0.1) is 0 Å². The SMILES string of the molecule is CCC[C@H](CC=O)C(=O)O. The van der Waals surface area contributed by atoms with Gasteiger partial charge in [-0.05, 0) is 6.42 Å². The maximum Gasteiger partial charge on any atom is 0.306 e. The van der Waals surface area contributed by atoms with Gasteiger partial charge in [0.15, 0.2) is 0 Å². The molecule has 10 heavy (non-hydrogen) atoms. The maximum absolute atomic E-state index is 10.3. The molecule has 0 fully saturated rings. The number of carboxylic acid groups (broad SMARTS) is 1. The molecule has 1 N–H and O–H groups in total. The highest BCUT2D eigenvalue weighted by Crippen LogP contribution is 2.08. The molecule has 0 spiro atoms. The third kappa shape index (κ3) is 3.22. The Hall–Kier alpha value is -0.860. The summed E-state index contributed by atoms with van der Waals surface area (Å²) in [7, 11) is 0. The molecule has 0 aromatic heterocycles. The summed E-state index contributed by atoms with van der Waals surface area (Å²) in [5.74, 6) is -1.34. The molecule has 3 nitrogen and oxygen atoms in total. The molecule has 0 aliphatic carbocycles. The van der Waals surface area contributed by atoms with E-state index in [1.54, 1.807) is 0 Å². The minimum absolute atomic E-state index is 0.142. The molecule has 0 aromatic carbocycles. The Kier molecular flexibility index (Phi) is 4.54. The second-order valence-electron chi connectivity index (χ2n) is 2.23. The molecular weight excluding hydrogens is 132 g/mol. The van der Waals surface area contributed by atoms with Crippen molar-refractivity contribution in [3.05, 3.63) is 0 Å². The molecule has 0 saturated carbocycles. The first kappa shape index (κ1) is 9.14. The average molecular weight is 144 g/mol. The molecule has 0 radical (unpaired) electrons. The Morgan fingerprint density at radius 2 is 2.30 bits per heavy atom. The predicted molar refractivity (Wildman–Crippen MR) is 36.7 cm³/mol. The van der Waals surface area contributed by atoms with Gasteiger partial charge in [0.25, 0.3) is 0 Å². The normalized spacial score (nSPS) is 12.5. The molecule has 0 rings (SSSR count). The van der Waals surface area contributed by atoms with Crippen LogP contribution in [0.5, 0.6) is 0 Å². The lowest BCUT2D eigenvalue weighted by atomic mass is 10.0. The van der Waals surface area contributed by atoms with Gasteiger partial charge in [-0.2, -0.15) is 0 Å². The Morgan fingerprint density at radius 1 is 1.70 bits per heavy atom. The zero-order valence-corrected chi connectivity index (χ0v) is 6.04. The van der Waals surface area contributed by atoms with Crippen molar-refractivity contribution in [1.82, 2.24) is 0 Å². The van der Waals surface area contributed by atoms with Gasteiger partial charge in [0, 0.05) is 6.42 Å². The largest absolute Gasteiger partial charge is 0.481 e. The van der Waals surface area contributed by atoms with Crippen molar-refractivity contribution in [2.45, 2.75) is 26.2 Å². The lowest BCUT2D eigenvalue weighted by molar-refractivity contribution is -0.143. The van der Waals surface area contributed by atoms with E-state index in [-0.39, 0.29) is 6.42 Å². The molecule has 0 aliphatic rings. The Labute approximate surface area is 60.0 Å². The van der Waals surface area contributed by atoms with Gasteiger partial charge in [-0.3, -0.25) is 4.79 Å². The third-order valence-corrected chi connectivity index (χ3v) is 1.37. The number of carbonyl (C=O) groups is 2. The topological polar surface area (TPSA) is 54.4 Å². The minimum atomic E-state index is -0.867. The zero-order valence-electron chi connectivity index (χ0n) is 6.04. The summed E-state index contributed by atoms with van der Waals surface area (Å²) in [4.78, 5) is 20.3. The van der Waals surface area contributed by atoms with Crippen LogP contribution in [0.25, 0.3) is 0 Å². The van der Waals surface area contributed by atoms with Crippen LogP contribution in [0.4, 0.5) is 0 Å². The molecule has 0 saturated heterocycles. The minimum Gasteiger partial charge on any atom is -0.481 e. The number of carbonyl (C=O) groups excluding carboxylic acids is 1. The van der Waals surface area contributed by atoms with Gasteiger partial charge in [0.2, 0.25) is 0 Å². The van der Waals surface area contributed by atoms with Gasteiger partial charge in [0.1, 0.15) is 6.29 Å². The number of hydrogen-bond donors (Lipinski definition) is 1. The lowest BCUT2D eigenvalue weighted by Gasteiger charge is -2.04. The van der Waals surface area contributed by atoms with E-state index in [1.807, 2.05) is 6.92 Å². The van der Waals surface area contributed by atoms with Crippen LogP contribution >= 0.6 is 0 Å². The molecule has 0 amide bonds. The van der Waals surface area contributed by atoms with E-state index < -0.39 is 11.9 Å². The fourth-order valence-corrected chi connectivity index (χ4v) is 0.807. The van der Waals surface area contributed by atoms with Crippen molar-refractivity contribution in [2.75, 3.05) is 0 Å². The first-order valence-electron chi connectivity index (χ1n) is 3.38. The van der Waals surface area contributed by atoms with E-state index in [1.165, 1.54) is 0 Å². The second-order valence-corrected chi connectivity index (χ2v) is 2.23. The van der Waals surface area contributed by atoms with E-state index in [0.717, 1.165) is 6.42 Å². The second kappa shape index (κ2) is 4.97. The number of rotatable bonds is 5. The molecule has 1 atom stereocenters. The summed E-state index contributed by atoms with van der Waals surface area (Å²) in [6.45, 7) is 1.90.